The summed E-state index contributed by atoms with van der Waals surface area (Å²) in [7, 11) is 1.57. The molecule has 0 radical (unpaired) electrons. The van der Waals surface area contributed by atoms with Crippen LogP contribution in [0.5, 0.6) is 0 Å². The van der Waals surface area contributed by atoms with Crippen LogP contribution in [0.4, 0.5) is 4.39 Å². The fourth-order valence-electron chi connectivity index (χ4n) is 4.48. The molecule has 2 fully saturated rings. The first-order chi connectivity index (χ1) is 15.8. The molecular formula is C25H22FN5OS. The maximum absolute atomic E-state index is 15.1. The zero-order valence-corrected chi connectivity index (χ0v) is 19.0. The van der Waals surface area contributed by atoms with Crippen LogP contribution in [0, 0.1) is 21.9 Å². The number of rotatable bonds is 4. The van der Waals surface area contributed by atoms with E-state index in [1.165, 1.54) is 35.7 Å². The van der Waals surface area contributed by atoms with Gasteiger partial charge in [-0.3, -0.25) is 20.1 Å². The van der Waals surface area contributed by atoms with Gasteiger partial charge in [-0.1, -0.05) is 24.3 Å². The molecule has 1 aromatic carbocycles. The number of guanidine groups is 1. The van der Waals surface area contributed by atoms with Crippen LogP contribution in [0.2, 0.25) is 0 Å². The molecule has 0 unspecified atom stereocenters. The topological polar surface area (TPSA) is 92.9 Å². The number of nitrogens with zero attached hydrogens (tertiary/aromatic N) is 3. The van der Waals surface area contributed by atoms with Gasteiger partial charge >= 0.3 is 0 Å². The highest BCUT2D eigenvalue weighted by atomic mass is 32.1. The number of thiophene rings is 1. The highest BCUT2D eigenvalue weighted by Gasteiger charge is 2.49. The van der Waals surface area contributed by atoms with Crippen LogP contribution in [0.3, 0.4) is 0 Å². The summed E-state index contributed by atoms with van der Waals surface area (Å²) < 4.78 is 15.1. The number of nitriles is 1. The fourth-order valence-corrected chi connectivity index (χ4v) is 5.52. The number of amides is 1. The number of pyridine rings is 1. The number of benzene rings is 1. The largest absolute Gasteiger partial charge is 0.345 e. The molecule has 3 aromatic rings. The zero-order chi connectivity index (χ0) is 23.3. The van der Waals surface area contributed by atoms with Gasteiger partial charge in [0.1, 0.15) is 6.07 Å². The lowest BCUT2D eigenvalue weighted by molar-refractivity contribution is -0.131. The molecule has 1 aliphatic heterocycles. The lowest BCUT2D eigenvalue weighted by Crippen LogP contribution is -2.62. The predicted octanol–water partition coefficient (Wildman–Crippen LogP) is 4.69. The molecule has 0 spiro atoms. The maximum atomic E-state index is 15.1. The van der Waals surface area contributed by atoms with E-state index in [2.05, 4.69) is 22.4 Å². The van der Waals surface area contributed by atoms with Gasteiger partial charge in [-0.25, -0.2) is 0 Å². The van der Waals surface area contributed by atoms with Crippen LogP contribution < -0.4 is 5.32 Å². The summed E-state index contributed by atoms with van der Waals surface area (Å²) in [4.78, 5) is 19.3. The molecule has 2 aromatic heterocycles. The standard InChI is InChI=1S/C25H22FN5OS/c1-25(20-10-19(22(26)33-20)18-9-14(11-27)12-29-13-18)21(23(32)31(2)24(28)30-25)17-7-5-16(6-8-17)15-3-4-15/h5-10,12-13,15,21H,3-4H2,1-2H3,(H2,28,30)/t21-,25-/m1/s1. The third-order valence-corrected chi connectivity index (χ3v) is 7.72. The van der Waals surface area contributed by atoms with Crippen molar-refractivity contribution in [2.75, 3.05) is 7.05 Å². The number of carbonyl (C=O) groups is 1. The number of hydrogen-bond acceptors (Lipinski definition) is 5. The molecule has 2 atom stereocenters. The molecule has 1 saturated heterocycles. The second-order valence-corrected chi connectivity index (χ2v) is 9.82. The summed E-state index contributed by atoms with van der Waals surface area (Å²) in [6.07, 6.45) is 5.33. The van der Waals surface area contributed by atoms with E-state index in [1.54, 1.807) is 19.2 Å². The van der Waals surface area contributed by atoms with E-state index in [0.717, 1.165) is 16.9 Å². The average molecular weight is 460 g/mol. The Morgan fingerprint density at radius 1 is 1.24 bits per heavy atom. The minimum Gasteiger partial charge on any atom is -0.345 e. The molecular weight excluding hydrogens is 437 g/mol. The average Bonchev–Trinajstić information content (AvgIpc) is 3.59. The second-order valence-electron chi connectivity index (χ2n) is 8.82. The van der Waals surface area contributed by atoms with Crippen molar-refractivity contribution in [3.63, 3.8) is 0 Å². The van der Waals surface area contributed by atoms with Gasteiger partial charge in [0.2, 0.25) is 5.91 Å². The Bertz CT molecular complexity index is 1310. The number of aromatic nitrogens is 1. The van der Waals surface area contributed by atoms with Crippen LogP contribution in [0.25, 0.3) is 11.1 Å². The van der Waals surface area contributed by atoms with Crippen molar-refractivity contribution in [2.45, 2.75) is 37.1 Å². The van der Waals surface area contributed by atoms with E-state index in [4.69, 9.17) is 5.41 Å². The molecule has 1 saturated carbocycles. The van der Waals surface area contributed by atoms with Crippen LogP contribution in [0.15, 0.2) is 48.8 Å². The number of halogens is 1. The van der Waals surface area contributed by atoms with Crippen molar-refractivity contribution in [1.29, 1.82) is 10.7 Å². The summed E-state index contributed by atoms with van der Waals surface area (Å²) in [5.74, 6) is -0.284. The Morgan fingerprint density at radius 3 is 2.61 bits per heavy atom. The molecule has 0 bridgehead atoms. The summed E-state index contributed by atoms with van der Waals surface area (Å²) in [5.41, 5.74) is 2.23. The molecule has 6 nitrogen and oxygen atoms in total. The summed E-state index contributed by atoms with van der Waals surface area (Å²) >= 11 is 0.943. The number of carbonyl (C=O) groups excluding carboxylic acids is 1. The fraction of sp³-hybridized carbons (Fsp3) is 0.280. The van der Waals surface area contributed by atoms with E-state index >= 15 is 4.39 Å². The van der Waals surface area contributed by atoms with Crippen molar-refractivity contribution >= 4 is 23.2 Å². The molecule has 2 aliphatic rings. The van der Waals surface area contributed by atoms with E-state index in [-0.39, 0.29) is 11.9 Å². The van der Waals surface area contributed by atoms with Crippen molar-refractivity contribution < 1.29 is 9.18 Å². The maximum Gasteiger partial charge on any atom is 0.239 e. The van der Waals surface area contributed by atoms with Gasteiger partial charge in [0.25, 0.3) is 0 Å². The number of likely N-dealkylation sites (N-methyl/N-ethyl adjacent to an activating group) is 1. The molecule has 5 rings (SSSR count). The Balaban J connectivity index is 1.60. The van der Waals surface area contributed by atoms with Crippen molar-refractivity contribution in [2.24, 2.45) is 0 Å². The number of hydrogen-bond donors (Lipinski definition) is 2. The Kier molecular flexibility index (Phi) is 5.02. The second kappa shape index (κ2) is 7.78. The van der Waals surface area contributed by atoms with Crippen LogP contribution in [-0.4, -0.2) is 28.8 Å². The van der Waals surface area contributed by atoms with Gasteiger partial charge in [0.05, 0.1) is 17.0 Å². The molecule has 2 N–H and O–H groups in total. The van der Waals surface area contributed by atoms with E-state index in [1.807, 2.05) is 25.1 Å². The third-order valence-electron chi connectivity index (χ3n) is 6.56. The Hall–Kier alpha value is -3.57. The van der Waals surface area contributed by atoms with Crippen LogP contribution >= 0.6 is 11.3 Å². The van der Waals surface area contributed by atoms with Gasteiger partial charge in [0, 0.05) is 35.4 Å². The lowest BCUT2D eigenvalue weighted by atomic mass is 9.76. The minimum atomic E-state index is -1.02. The van der Waals surface area contributed by atoms with E-state index < -0.39 is 16.6 Å². The molecule has 1 aliphatic carbocycles. The van der Waals surface area contributed by atoms with Crippen molar-refractivity contribution in [1.82, 2.24) is 15.2 Å². The van der Waals surface area contributed by atoms with Crippen LogP contribution in [0.1, 0.15) is 53.2 Å². The molecule has 8 heteroatoms. The van der Waals surface area contributed by atoms with Gasteiger partial charge in [-0.15, -0.1) is 11.3 Å². The van der Waals surface area contributed by atoms with Crippen molar-refractivity contribution in [3.8, 4) is 17.2 Å². The predicted molar refractivity (Wildman–Crippen MR) is 124 cm³/mol. The monoisotopic (exact) mass is 459 g/mol. The first kappa shape index (κ1) is 21.3. The van der Waals surface area contributed by atoms with E-state index in [9.17, 15) is 10.1 Å². The van der Waals surface area contributed by atoms with Crippen molar-refractivity contribution in [3.05, 3.63) is 75.5 Å². The van der Waals surface area contributed by atoms with Gasteiger partial charge in [-0.2, -0.15) is 9.65 Å². The van der Waals surface area contributed by atoms with Gasteiger partial charge < -0.3 is 5.32 Å². The number of nitrogens with one attached hydrogen (secondary N) is 2. The van der Waals surface area contributed by atoms with Crippen LogP contribution in [-0.2, 0) is 10.3 Å². The SMILES string of the molecule is CN1C(=N)N[C@](C)(c2cc(-c3cncc(C#N)c3)c(F)s2)[C@H](c2ccc(C3CC3)cc2)C1=O. The van der Waals surface area contributed by atoms with E-state index in [0.29, 0.717) is 27.5 Å². The normalized spacial score (nSPS) is 22.7. The molecule has 1 amide bonds. The van der Waals surface area contributed by atoms with Gasteiger partial charge in [-0.05, 0) is 48.9 Å². The first-order valence-electron chi connectivity index (χ1n) is 10.7. The highest BCUT2D eigenvalue weighted by Crippen LogP contribution is 2.46. The lowest BCUT2D eigenvalue weighted by Gasteiger charge is -2.45. The summed E-state index contributed by atoms with van der Waals surface area (Å²) in [6, 6.07) is 13.4. The molecule has 3 heterocycles. The van der Waals surface area contributed by atoms with Gasteiger partial charge in [0.15, 0.2) is 11.1 Å². The smallest absolute Gasteiger partial charge is 0.239 e. The summed E-state index contributed by atoms with van der Waals surface area (Å²) in [5, 5.41) is 20.2. The first-order valence-corrected chi connectivity index (χ1v) is 11.5. The molecule has 33 heavy (non-hydrogen) atoms. The summed E-state index contributed by atoms with van der Waals surface area (Å²) in [6.45, 7) is 1.84. The highest BCUT2D eigenvalue weighted by molar-refractivity contribution is 7.11. The Labute approximate surface area is 195 Å². The quantitative estimate of drug-likeness (QED) is 0.592. The Morgan fingerprint density at radius 2 is 1.94 bits per heavy atom. The molecule has 166 valence electrons. The third kappa shape index (κ3) is 3.58. The zero-order valence-electron chi connectivity index (χ0n) is 18.2. The minimum absolute atomic E-state index is 0.0307.